The van der Waals surface area contributed by atoms with Crippen molar-refractivity contribution in [3.8, 4) is 0 Å². The van der Waals surface area contributed by atoms with Gasteiger partial charge in [0, 0.05) is 18.3 Å². The molecule has 0 aliphatic heterocycles. The Balaban J connectivity index is 2.32. The Morgan fingerprint density at radius 3 is 2.00 bits per heavy atom. The molecule has 0 aromatic carbocycles. The molecule has 4 nitrogen and oxygen atoms in total. The Bertz CT molecular complexity index is 681. The van der Waals surface area contributed by atoms with Gasteiger partial charge in [-0.05, 0) is 55.0 Å². The average Bonchev–Trinajstić information content (AvgIpc) is 2.97. The van der Waals surface area contributed by atoms with Gasteiger partial charge in [0.2, 0.25) is 0 Å². The summed E-state index contributed by atoms with van der Waals surface area (Å²) in [5, 5.41) is 10.3. The van der Waals surface area contributed by atoms with Gasteiger partial charge in [0.15, 0.2) is 16.6 Å². The van der Waals surface area contributed by atoms with Gasteiger partial charge < -0.3 is 14.0 Å². The maximum absolute atomic E-state index is 12.8. The minimum Gasteiger partial charge on any atom is -0.413 e. The molecular weight excluding hydrogens is 444 g/mol. The summed E-state index contributed by atoms with van der Waals surface area (Å²) in [5.74, 6) is 0.227. The minimum atomic E-state index is -2.03. The molecule has 6 heteroatoms. The molecule has 1 unspecified atom stereocenters. The first-order valence-corrected chi connectivity index (χ1v) is 19.0. The smallest absolute Gasteiger partial charge is 0.192 e. The van der Waals surface area contributed by atoms with Crippen LogP contribution in [0.4, 0.5) is 0 Å². The van der Waals surface area contributed by atoms with E-state index in [4.69, 9.17) is 8.85 Å². The summed E-state index contributed by atoms with van der Waals surface area (Å²) < 4.78 is 13.7. The third kappa shape index (κ3) is 7.12. The summed E-state index contributed by atoms with van der Waals surface area (Å²) in [7, 11) is -3.97. The molecule has 33 heavy (non-hydrogen) atoms. The quantitative estimate of drug-likeness (QED) is 0.287. The Kier molecular flexibility index (Phi) is 9.45. The number of rotatable bonds is 8. The number of hydrogen-bond acceptors (Lipinski definition) is 4. The van der Waals surface area contributed by atoms with Gasteiger partial charge in [0.1, 0.15) is 5.78 Å². The number of aliphatic hydroxyl groups excluding tert-OH is 1. The highest BCUT2D eigenvalue weighted by molar-refractivity contribution is 6.74. The first-order chi connectivity index (χ1) is 15.0. The van der Waals surface area contributed by atoms with Crippen molar-refractivity contribution in [1.29, 1.82) is 0 Å². The molecule has 0 bridgehead atoms. The molecule has 0 aromatic rings. The third-order valence-corrected chi connectivity index (χ3v) is 18.0. The van der Waals surface area contributed by atoms with Gasteiger partial charge in [-0.1, -0.05) is 73.0 Å². The molecule has 0 spiro atoms. The molecule has 0 amide bonds. The number of hydrogen-bond donors (Lipinski definition) is 1. The van der Waals surface area contributed by atoms with E-state index in [-0.39, 0.29) is 46.5 Å². The predicted molar refractivity (Wildman–Crippen MR) is 144 cm³/mol. The predicted octanol–water partition coefficient (Wildman–Crippen LogP) is 7.10. The Labute approximate surface area is 206 Å². The van der Waals surface area contributed by atoms with Crippen molar-refractivity contribution in [3.05, 3.63) is 12.2 Å². The van der Waals surface area contributed by atoms with Crippen LogP contribution in [0.3, 0.4) is 0 Å². The van der Waals surface area contributed by atoms with Crippen LogP contribution in [-0.4, -0.2) is 46.3 Å². The first-order valence-electron chi connectivity index (χ1n) is 13.2. The number of carbonyl (C=O) groups is 1. The summed E-state index contributed by atoms with van der Waals surface area (Å²) in [6.45, 7) is 22.6. The molecule has 2 saturated carbocycles. The van der Waals surface area contributed by atoms with E-state index < -0.39 is 16.6 Å². The van der Waals surface area contributed by atoms with E-state index in [0.717, 1.165) is 0 Å². The summed E-state index contributed by atoms with van der Waals surface area (Å²) in [5.41, 5.74) is 0. The lowest BCUT2D eigenvalue weighted by Crippen LogP contribution is -2.46. The molecule has 2 rings (SSSR count). The highest BCUT2D eigenvalue weighted by Crippen LogP contribution is 2.43. The lowest BCUT2D eigenvalue weighted by Gasteiger charge is -2.42. The van der Waals surface area contributed by atoms with Gasteiger partial charge in [0.25, 0.3) is 0 Å². The summed E-state index contributed by atoms with van der Waals surface area (Å²) in [6, 6.07) is 0. The maximum Gasteiger partial charge on any atom is 0.192 e. The van der Waals surface area contributed by atoms with Crippen molar-refractivity contribution >= 4 is 22.4 Å². The topological polar surface area (TPSA) is 55.8 Å². The van der Waals surface area contributed by atoms with Crippen molar-refractivity contribution in [2.75, 3.05) is 6.61 Å². The van der Waals surface area contributed by atoms with Crippen molar-refractivity contribution < 1.29 is 18.8 Å². The van der Waals surface area contributed by atoms with E-state index in [2.05, 4.69) is 79.9 Å². The average molecular weight is 497 g/mol. The van der Waals surface area contributed by atoms with E-state index in [1.165, 1.54) is 32.1 Å². The minimum absolute atomic E-state index is 0.0780. The maximum atomic E-state index is 12.8. The summed E-state index contributed by atoms with van der Waals surface area (Å²) in [4.78, 5) is 12.8. The van der Waals surface area contributed by atoms with Gasteiger partial charge in [-0.25, -0.2) is 0 Å². The van der Waals surface area contributed by atoms with Crippen LogP contribution in [0.1, 0.15) is 80.1 Å². The van der Waals surface area contributed by atoms with Gasteiger partial charge in [0.05, 0.1) is 18.8 Å². The summed E-state index contributed by atoms with van der Waals surface area (Å²) in [6.07, 6.45) is 11.1. The zero-order valence-electron chi connectivity index (χ0n) is 23.2. The highest BCUT2D eigenvalue weighted by atomic mass is 28.4. The Hall–Kier alpha value is -0.276. The molecular formula is C27H52O4Si2. The molecule has 2 aliphatic rings. The molecule has 0 radical (unpaired) electrons. The van der Waals surface area contributed by atoms with Crippen molar-refractivity contribution in [3.63, 3.8) is 0 Å². The second-order valence-electron chi connectivity index (χ2n) is 13.6. The fourth-order valence-electron chi connectivity index (χ4n) is 4.63. The Morgan fingerprint density at radius 1 is 0.970 bits per heavy atom. The van der Waals surface area contributed by atoms with Gasteiger partial charge >= 0.3 is 0 Å². The van der Waals surface area contributed by atoms with Crippen molar-refractivity contribution in [2.24, 2.45) is 17.8 Å². The molecule has 0 aromatic heterocycles. The molecule has 0 heterocycles. The normalized spacial score (nSPS) is 27.5. The van der Waals surface area contributed by atoms with Gasteiger partial charge in [-0.2, -0.15) is 0 Å². The Morgan fingerprint density at radius 2 is 1.52 bits per heavy atom. The van der Waals surface area contributed by atoms with E-state index in [1.807, 2.05) is 0 Å². The third-order valence-electron chi connectivity index (χ3n) is 9.03. The second-order valence-corrected chi connectivity index (χ2v) is 23.1. The lowest BCUT2D eigenvalue weighted by molar-refractivity contribution is -0.122. The van der Waals surface area contributed by atoms with Crippen molar-refractivity contribution in [2.45, 2.75) is 129 Å². The fourth-order valence-corrected chi connectivity index (χ4v) is 7.28. The monoisotopic (exact) mass is 496 g/mol. The van der Waals surface area contributed by atoms with Crippen LogP contribution < -0.4 is 0 Å². The van der Waals surface area contributed by atoms with E-state index in [9.17, 15) is 9.90 Å². The SMILES string of the molecule is CC(C)(C)[Si](C)(C)OC(C=C[C@H]1[C@H](O[Si](C)(C)C(C)(C)C)CC(=O)[C@@H]1CO)C1CCCCC1. The van der Waals surface area contributed by atoms with Crippen molar-refractivity contribution in [1.82, 2.24) is 0 Å². The van der Waals surface area contributed by atoms with Crippen LogP contribution in [0.15, 0.2) is 12.2 Å². The molecule has 0 saturated heterocycles. The van der Waals surface area contributed by atoms with Gasteiger partial charge in [-0.3, -0.25) is 4.79 Å². The van der Waals surface area contributed by atoms with Crippen LogP contribution in [0.25, 0.3) is 0 Å². The summed E-state index contributed by atoms with van der Waals surface area (Å²) >= 11 is 0. The highest BCUT2D eigenvalue weighted by Gasteiger charge is 2.47. The molecule has 4 atom stereocenters. The van der Waals surface area contributed by atoms with Crippen LogP contribution in [0.2, 0.25) is 36.3 Å². The largest absolute Gasteiger partial charge is 0.413 e. The zero-order valence-corrected chi connectivity index (χ0v) is 25.2. The van der Waals surface area contributed by atoms with Gasteiger partial charge in [-0.15, -0.1) is 0 Å². The molecule has 2 fully saturated rings. The van der Waals surface area contributed by atoms with E-state index >= 15 is 0 Å². The van der Waals surface area contributed by atoms with Crippen LogP contribution in [0, 0.1) is 17.8 Å². The molecule has 2 aliphatic carbocycles. The number of carbonyl (C=O) groups excluding carboxylic acids is 1. The first kappa shape index (κ1) is 29.0. The zero-order chi connectivity index (χ0) is 25.2. The second kappa shape index (κ2) is 10.8. The van der Waals surface area contributed by atoms with Crippen LogP contribution in [-0.2, 0) is 13.6 Å². The standard InChI is InChI=1S/C27H52O4Si2/c1-26(2,3)32(7,8)30-24(20-14-12-11-13-15-20)17-16-21-22(19-28)23(29)18-25(21)31-33(9,10)27(4,5)6/h16-17,20-22,24-25,28H,11-15,18-19H2,1-10H3/t21-,22-,24?,25-/m1/s1. The molecule has 1 N–H and O–H groups in total. The van der Waals surface area contributed by atoms with E-state index in [1.54, 1.807) is 0 Å². The number of ketones is 1. The van der Waals surface area contributed by atoms with Crippen LogP contribution >= 0.6 is 0 Å². The number of Topliss-reactive ketones (excluding diaryl/α,β-unsaturated/α-hetero) is 1. The molecule has 192 valence electrons. The van der Waals surface area contributed by atoms with E-state index in [0.29, 0.717) is 12.3 Å². The lowest BCUT2D eigenvalue weighted by atomic mass is 9.84. The fraction of sp³-hybridized carbons (Fsp3) is 0.889. The number of aliphatic hydroxyl groups is 1. The van der Waals surface area contributed by atoms with Crippen LogP contribution in [0.5, 0.6) is 0 Å².